The van der Waals surface area contributed by atoms with Crippen molar-refractivity contribution in [3.05, 3.63) is 29.8 Å². The molecule has 2 nitrogen and oxygen atoms in total. The van der Waals surface area contributed by atoms with Crippen LogP contribution in [-0.2, 0) is 0 Å². The van der Waals surface area contributed by atoms with Crippen molar-refractivity contribution in [1.29, 1.82) is 0 Å². The van der Waals surface area contributed by atoms with Gasteiger partial charge < -0.3 is 5.73 Å². The first-order chi connectivity index (χ1) is 7.67. The number of hydrogen-bond acceptors (Lipinski definition) is 2. The third kappa shape index (κ3) is 7.04. The maximum atomic E-state index is 11.2. The molecule has 92 valence electrons. The Labute approximate surface area is 99.9 Å². The normalized spacial score (nSPS) is 8.06. The zero-order valence-corrected chi connectivity index (χ0v) is 11.2. The third-order valence-electron chi connectivity index (χ3n) is 1.58. The highest BCUT2D eigenvalue weighted by Gasteiger charge is 2.04. The minimum atomic E-state index is 0.100. The van der Waals surface area contributed by atoms with Crippen LogP contribution in [0.5, 0.6) is 0 Å². The van der Waals surface area contributed by atoms with Crippen LogP contribution in [0.4, 0.5) is 5.69 Å². The molecule has 0 amide bonds. The van der Waals surface area contributed by atoms with Crippen molar-refractivity contribution in [1.82, 2.24) is 0 Å². The maximum absolute atomic E-state index is 11.2. The number of nitrogens with two attached hydrogens (primary N) is 1. The first-order valence-corrected chi connectivity index (χ1v) is 6.05. The number of carbonyl (C=O) groups excluding carboxylic acids is 1. The summed E-state index contributed by atoms with van der Waals surface area (Å²) < 4.78 is 0. The molecule has 1 aromatic carbocycles. The van der Waals surface area contributed by atoms with Gasteiger partial charge in [0.25, 0.3) is 0 Å². The number of hydrogen-bond donors (Lipinski definition) is 1. The Morgan fingerprint density at radius 1 is 1.12 bits per heavy atom. The number of Topliss-reactive ketones (excluding diaryl/α,β-unsaturated/α-hetero) is 1. The Morgan fingerprint density at radius 3 is 1.94 bits per heavy atom. The highest BCUT2D eigenvalue weighted by Crippen LogP contribution is 2.11. The monoisotopic (exact) mass is 223 g/mol. The van der Waals surface area contributed by atoms with Gasteiger partial charge in [-0.3, -0.25) is 4.79 Å². The molecular formula is C14H25NO. The zero-order valence-electron chi connectivity index (χ0n) is 11.2. The molecule has 0 aliphatic rings. The Morgan fingerprint density at radius 2 is 1.56 bits per heavy atom. The summed E-state index contributed by atoms with van der Waals surface area (Å²) in [4.78, 5) is 11.2. The second kappa shape index (κ2) is 11.8. The van der Waals surface area contributed by atoms with Crippen molar-refractivity contribution in [2.24, 2.45) is 0 Å². The molecule has 0 saturated carbocycles. The van der Waals surface area contributed by atoms with Gasteiger partial charge in [-0.25, -0.2) is 0 Å². The summed E-state index contributed by atoms with van der Waals surface area (Å²) in [5, 5.41) is 0. The SMILES string of the molecule is CC.CCC.CCC(=O)c1ccccc1N. The Balaban J connectivity index is 0. The molecule has 0 fully saturated rings. The molecule has 2 N–H and O–H groups in total. The molecular weight excluding hydrogens is 198 g/mol. The maximum Gasteiger partial charge on any atom is 0.164 e. The summed E-state index contributed by atoms with van der Waals surface area (Å²) in [5.74, 6) is 0.100. The van der Waals surface area contributed by atoms with Gasteiger partial charge in [0.05, 0.1) is 0 Å². The van der Waals surface area contributed by atoms with E-state index in [2.05, 4.69) is 13.8 Å². The highest BCUT2D eigenvalue weighted by atomic mass is 16.1. The van der Waals surface area contributed by atoms with Gasteiger partial charge in [0, 0.05) is 17.7 Å². The minimum Gasteiger partial charge on any atom is -0.398 e. The fraction of sp³-hybridized carbons (Fsp3) is 0.500. The molecule has 2 heteroatoms. The van der Waals surface area contributed by atoms with Gasteiger partial charge in [-0.1, -0.05) is 53.2 Å². The summed E-state index contributed by atoms with van der Waals surface area (Å²) in [7, 11) is 0. The number of benzene rings is 1. The summed E-state index contributed by atoms with van der Waals surface area (Å²) in [6, 6.07) is 7.13. The van der Waals surface area contributed by atoms with E-state index < -0.39 is 0 Å². The molecule has 0 atom stereocenters. The first-order valence-electron chi connectivity index (χ1n) is 6.05. The van der Waals surface area contributed by atoms with Gasteiger partial charge in [-0.05, 0) is 12.1 Å². The van der Waals surface area contributed by atoms with Crippen LogP contribution >= 0.6 is 0 Å². The Hall–Kier alpha value is -1.31. The van der Waals surface area contributed by atoms with E-state index in [0.29, 0.717) is 17.7 Å². The molecule has 1 rings (SSSR count). The molecule has 0 aliphatic heterocycles. The smallest absolute Gasteiger partial charge is 0.164 e. The number of nitrogen functional groups attached to an aromatic ring is 1. The quantitative estimate of drug-likeness (QED) is 0.600. The van der Waals surface area contributed by atoms with Crippen LogP contribution in [0.3, 0.4) is 0 Å². The van der Waals surface area contributed by atoms with Crippen LogP contribution in [0.2, 0.25) is 0 Å². The van der Waals surface area contributed by atoms with Crippen molar-refractivity contribution in [3.63, 3.8) is 0 Å². The van der Waals surface area contributed by atoms with Gasteiger partial charge in [-0.15, -0.1) is 0 Å². The average Bonchev–Trinajstić information content (AvgIpc) is 2.32. The lowest BCUT2D eigenvalue weighted by Crippen LogP contribution is -2.01. The first kappa shape index (κ1) is 17.1. The van der Waals surface area contributed by atoms with E-state index in [9.17, 15) is 4.79 Å². The fourth-order valence-corrected chi connectivity index (χ4v) is 0.941. The predicted octanol–water partition coefficient (Wildman–Crippen LogP) is 4.30. The predicted molar refractivity (Wildman–Crippen MR) is 72.8 cm³/mol. The number of para-hydroxylation sites is 1. The van der Waals surface area contributed by atoms with Crippen molar-refractivity contribution in [2.75, 3.05) is 5.73 Å². The molecule has 0 aliphatic carbocycles. The highest BCUT2D eigenvalue weighted by molar-refractivity contribution is 6.00. The van der Waals surface area contributed by atoms with Gasteiger partial charge in [0.2, 0.25) is 0 Å². The summed E-state index contributed by atoms with van der Waals surface area (Å²) in [6.07, 6.45) is 1.76. The van der Waals surface area contributed by atoms with E-state index in [0.717, 1.165) is 0 Å². The van der Waals surface area contributed by atoms with Gasteiger partial charge in [0.1, 0.15) is 0 Å². The van der Waals surface area contributed by atoms with Crippen LogP contribution in [0.1, 0.15) is 57.8 Å². The summed E-state index contributed by atoms with van der Waals surface area (Å²) >= 11 is 0. The lowest BCUT2D eigenvalue weighted by molar-refractivity contribution is 0.0989. The van der Waals surface area contributed by atoms with Crippen molar-refractivity contribution >= 4 is 11.5 Å². The molecule has 0 radical (unpaired) electrons. The topological polar surface area (TPSA) is 43.1 Å². The number of ketones is 1. The lowest BCUT2D eigenvalue weighted by Gasteiger charge is -2.00. The molecule has 0 unspecified atom stereocenters. The average molecular weight is 223 g/mol. The summed E-state index contributed by atoms with van der Waals surface area (Å²) in [6.45, 7) is 10.1. The van der Waals surface area contributed by atoms with Crippen molar-refractivity contribution in [2.45, 2.75) is 47.5 Å². The number of anilines is 1. The van der Waals surface area contributed by atoms with Crippen LogP contribution in [0.25, 0.3) is 0 Å². The molecule has 0 heterocycles. The van der Waals surface area contributed by atoms with Crippen LogP contribution in [0.15, 0.2) is 24.3 Å². The third-order valence-corrected chi connectivity index (χ3v) is 1.58. The second-order valence-electron chi connectivity index (χ2n) is 3.07. The number of carbonyl (C=O) groups is 1. The Bertz CT molecular complexity index is 282. The molecule has 0 spiro atoms. The van der Waals surface area contributed by atoms with Crippen molar-refractivity contribution < 1.29 is 4.79 Å². The van der Waals surface area contributed by atoms with E-state index in [1.807, 2.05) is 32.9 Å². The van der Waals surface area contributed by atoms with E-state index in [4.69, 9.17) is 5.73 Å². The second-order valence-corrected chi connectivity index (χ2v) is 3.07. The van der Waals surface area contributed by atoms with Crippen molar-refractivity contribution in [3.8, 4) is 0 Å². The fourth-order valence-electron chi connectivity index (χ4n) is 0.941. The molecule has 1 aromatic rings. The van der Waals surface area contributed by atoms with Gasteiger partial charge in [-0.2, -0.15) is 0 Å². The van der Waals surface area contributed by atoms with E-state index in [-0.39, 0.29) is 5.78 Å². The van der Waals surface area contributed by atoms with Crippen LogP contribution in [-0.4, -0.2) is 5.78 Å². The van der Waals surface area contributed by atoms with Gasteiger partial charge in [0.15, 0.2) is 5.78 Å². The number of rotatable bonds is 2. The molecule has 0 aromatic heterocycles. The standard InChI is InChI=1S/C9H11NO.C3H8.C2H6/c1-2-9(11)7-5-3-4-6-8(7)10;1-3-2;1-2/h3-6H,2,10H2,1H3;3H2,1-2H3;1-2H3. The zero-order chi connectivity index (χ0) is 13.0. The molecule has 0 saturated heterocycles. The van der Waals surface area contributed by atoms with Crippen LogP contribution < -0.4 is 5.73 Å². The van der Waals surface area contributed by atoms with E-state index in [1.165, 1.54) is 6.42 Å². The molecule has 0 bridgehead atoms. The minimum absolute atomic E-state index is 0.100. The van der Waals surface area contributed by atoms with E-state index in [1.54, 1.807) is 12.1 Å². The largest absolute Gasteiger partial charge is 0.398 e. The van der Waals surface area contributed by atoms with E-state index >= 15 is 0 Å². The van der Waals surface area contributed by atoms with Crippen LogP contribution in [0, 0.1) is 0 Å². The lowest BCUT2D eigenvalue weighted by atomic mass is 10.1. The van der Waals surface area contributed by atoms with Gasteiger partial charge >= 0.3 is 0 Å². The molecule has 16 heavy (non-hydrogen) atoms. The Kier molecular flexibility index (Phi) is 12.6. The summed E-state index contributed by atoms with van der Waals surface area (Å²) in [5.41, 5.74) is 6.78.